The molecule has 16 heavy (non-hydrogen) atoms. The molecule has 1 aromatic heterocycles. The molecule has 2 rings (SSSR count). The van der Waals surface area contributed by atoms with Gasteiger partial charge in [0.1, 0.15) is 5.82 Å². The Morgan fingerprint density at radius 2 is 2.50 bits per heavy atom. The first-order chi connectivity index (χ1) is 7.83. The van der Waals surface area contributed by atoms with E-state index in [2.05, 4.69) is 14.9 Å². The van der Waals surface area contributed by atoms with Crippen LogP contribution in [0.15, 0.2) is 17.4 Å². The number of anilines is 1. The molecule has 0 radical (unpaired) electrons. The number of nitrogens with zero attached hydrogens (tertiary/aromatic N) is 3. The number of piperidine rings is 1. The number of alkyl halides is 1. The lowest BCUT2D eigenvalue weighted by atomic mass is 10.00. The highest BCUT2D eigenvalue weighted by Gasteiger charge is 2.20. The van der Waals surface area contributed by atoms with Gasteiger partial charge in [-0.25, -0.2) is 9.97 Å². The molecule has 1 saturated heterocycles. The van der Waals surface area contributed by atoms with Crippen LogP contribution in [-0.4, -0.2) is 36.0 Å². The number of thioether (sulfide) groups is 1. The van der Waals surface area contributed by atoms with Crippen molar-refractivity contribution in [1.82, 2.24) is 9.97 Å². The molecule has 1 fully saturated rings. The molecule has 0 aliphatic carbocycles. The summed E-state index contributed by atoms with van der Waals surface area (Å²) < 4.78 is 12.6. The van der Waals surface area contributed by atoms with E-state index >= 15 is 0 Å². The summed E-state index contributed by atoms with van der Waals surface area (Å²) in [4.78, 5) is 10.7. The summed E-state index contributed by atoms with van der Waals surface area (Å²) in [6, 6.07) is 1.90. The van der Waals surface area contributed by atoms with Gasteiger partial charge in [-0.3, -0.25) is 4.39 Å². The third-order valence-electron chi connectivity index (χ3n) is 2.86. The lowest BCUT2D eigenvalue weighted by Gasteiger charge is -2.32. The number of aromatic nitrogens is 2. The van der Waals surface area contributed by atoms with Crippen molar-refractivity contribution in [3.63, 3.8) is 0 Å². The van der Waals surface area contributed by atoms with E-state index in [0.29, 0.717) is 0 Å². The van der Waals surface area contributed by atoms with Gasteiger partial charge >= 0.3 is 0 Å². The standard InChI is InChI=1S/C11H16FN3S/c1-16-11-13-5-4-10(14-11)15-6-2-3-9(7-12)8-15/h4-5,9H,2-3,6-8H2,1H3. The van der Waals surface area contributed by atoms with Crippen LogP contribution in [0.3, 0.4) is 0 Å². The Morgan fingerprint density at radius 1 is 1.62 bits per heavy atom. The smallest absolute Gasteiger partial charge is 0.189 e. The zero-order chi connectivity index (χ0) is 11.4. The highest BCUT2D eigenvalue weighted by Crippen LogP contribution is 2.22. The zero-order valence-electron chi connectivity index (χ0n) is 9.40. The van der Waals surface area contributed by atoms with Crippen molar-refractivity contribution in [2.24, 2.45) is 5.92 Å². The van der Waals surface area contributed by atoms with Crippen LogP contribution in [0.25, 0.3) is 0 Å². The van der Waals surface area contributed by atoms with Crippen LogP contribution in [0.1, 0.15) is 12.8 Å². The molecule has 1 atom stereocenters. The lowest BCUT2D eigenvalue weighted by Crippen LogP contribution is -2.36. The van der Waals surface area contributed by atoms with Gasteiger partial charge in [0.05, 0.1) is 6.67 Å². The van der Waals surface area contributed by atoms with Crippen LogP contribution in [0.5, 0.6) is 0 Å². The molecule has 3 nitrogen and oxygen atoms in total. The van der Waals surface area contributed by atoms with E-state index in [1.807, 2.05) is 12.3 Å². The summed E-state index contributed by atoms with van der Waals surface area (Å²) in [7, 11) is 0. The van der Waals surface area contributed by atoms with Crippen molar-refractivity contribution < 1.29 is 4.39 Å². The molecular weight excluding hydrogens is 225 g/mol. The van der Waals surface area contributed by atoms with Crippen molar-refractivity contribution in [3.05, 3.63) is 12.3 Å². The monoisotopic (exact) mass is 241 g/mol. The quantitative estimate of drug-likeness (QED) is 0.600. The molecule has 5 heteroatoms. The molecule has 0 bridgehead atoms. The number of halogens is 1. The largest absolute Gasteiger partial charge is 0.356 e. The van der Waals surface area contributed by atoms with Crippen LogP contribution in [0.4, 0.5) is 10.2 Å². The van der Waals surface area contributed by atoms with Gasteiger partial charge in [-0.05, 0) is 25.2 Å². The highest BCUT2D eigenvalue weighted by molar-refractivity contribution is 7.98. The topological polar surface area (TPSA) is 29.0 Å². The molecule has 0 amide bonds. The van der Waals surface area contributed by atoms with Crippen LogP contribution in [0, 0.1) is 5.92 Å². The summed E-state index contributed by atoms with van der Waals surface area (Å²) in [5, 5.41) is 0.778. The molecule has 1 aliphatic heterocycles. The van der Waals surface area contributed by atoms with Crippen molar-refractivity contribution >= 4 is 17.6 Å². The second-order valence-electron chi connectivity index (χ2n) is 4.01. The Morgan fingerprint density at radius 3 is 3.25 bits per heavy atom. The fraction of sp³-hybridized carbons (Fsp3) is 0.636. The van der Waals surface area contributed by atoms with Crippen LogP contribution in [-0.2, 0) is 0 Å². The SMILES string of the molecule is CSc1nccc(N2CCCC(CF)C2)n1. The van der Waals surface area contributed by atoms with Crippen molar-refractivity contribution in [2.45, 2.75) is 18.0 Å². The van der Waals surface area contributed by atoms with Crippen LogP contribution in [0.2, 0.25) is 0 Å². The first-order valence-electron chi connectivity index (χ1n) is 5.51. The molecule has 0 aromatic carbocycles. The average Bonchev–Trinajstić information content (AvgIpc) is 2.39. The Balaban J connectivity index is 2.10. The minimum absolute atomic E-state index is 0.168. The van der Waals surface area contributed by atoms with E-state index < -0.39 is 0 Å². The van der Waals surface area contributed by atoms with Gasteiger partial charge < -0.3 is 4.90 Å². The van der Waals surface area contributed by atoms with Gasteiger partial charge in [-0.15, -0.1) is 0 Å². The van der Waals surface area contributed by atoms with E-state index in [4.69, 9.17) is 0 Å². The van der Waals surface area contributed by atoms with E-state index in [1.165, 1.54) is 11.8 Å². The van der Waals surface area contributed by atoms with Gasteiger partial charge in [-0.2, -0.15) is 0 Å². The minimum atomic E-state index is -0.225. The Hall–Kier alpha value is -0.840. The second kappa shape index (κ2) is 5.48. The Labute approximate surface area is 99.5 Å². The van der Waals surface area contributed by atoms with Gasteiger partial charge in [0, 0.05) is 25.2 Å². The summed E-state index contributed by atoms with van der Waals surface area (Å²) in [5.74, 6) is 1.10. The predicted octanol–water partition coefficient (Wildman–Crippen LogP) is 2.38. The molecule has 1 aromatic rings. The average molecular weight is 241 g/mol. The zero-order valence-corrected chi connectivity index (χ0v) is 10.2. The third kappa shape index (κ3) is 2.64. The predicted molar refractivity (Wildman–Crippen MR) is 64.7 cm³/mol. The maximum Gasteiger partial charge on any atom is 0.189 e. The molecular formula is C11H16FN3S. The maximum absolute atomic E-state index is 12.6. The van der Waals surface area contributed by atoms with Crippen molar-refractivity contribution in [1.29, 1.82) is 0 Å². The first kappa shape index (κ1) is 11.6. The molecule has 0 spiro atoms. The first-order valence-corrected chi connectivity index (χ1v) is 6.74. The summed E-state index contributed by atoms with van der Waals surface area (Å²) >= 11 is 1.53. The fourth-order valence-corrected chi connectivity index (χ4v) is 2.36. The van der Waals surface area contributed by atoms with Crippen LogP contribution < -0.4 is 4.90 Å². The summed E-state index contributed by atoms with van der Waals surface area (Å²) in [5.41, 5.74) is 0. The molecule has 0 N–H and O–H groups in total. The van der Waals surface area contributed by atoms with E-state index in [9.17, 15) is 4.39 Å². The maximum atomic E-state index is 12.6. The fourth-order valence-electron chi connectivity index (χ4n) is 2.01. The second-order valence-corrected chi connectivity index (χ2v) is 4.78. The van der Waals surface area contributed by atoms with Crippen LogP contribution >= 0.6 is 11.8 Å². The molecule has 2 heterocycles. The molecule has 88 valence electrons. The summed E-state index contributed by atoms with van der Waals surface area (Å²) in [6.07, 6.45) is 5.77. The number of hydrogen-bond acceptors (Lipinski definition) is 4. The third-order valence-corrected chi connectivity index (χ3v) is 3.42. The van der Waals surface area contributed by atoms with Crippen molar-refractivity contribution in [2.75, 3.05) is 30.9 Å². The van der Waals surface area contributed by atoms with Gasteiger partial charge in [0.2, 0.25) is 0 Å². The number of rotatable bonds is 3. The molecule has 1 unspecified atom stereocenters. The molecule has 1 aliphatic rings. The van der Waals surface area contributed by atoms with E-state index in [1.54, 1.807) is 6.20 Å². The Kier molecular flexibility index (Phi) is 3.98. The van der Waals surface area contributed by atoms with E-state index in [0.717, 1.165) is 36.9 Å². The van der Waals surface area contributed by atoms with Crippen molar-refractivity contribution in [3.8, 4) is 0 Å². The highest BCUT2D eigenvalue weighted by atomic mass is 32.2. The number of hydrogen-bond donors (Lipinski definition) is 0. The van der Waals surface area contributed by atoms with Gasteiger partial charge in [-0.1, -0.05) is 11.8 Å². The molecule has 0 saturated carbocycles. The van der Waals surface area contributed by atoms with Gasteiger partial charge in [0.15, 0.2) is 5.16 Å². The minimum Gasteiger partial charge on any atom is -0.356 e. The lowest BCUT2D eigenvalue weighted by molar-refractivity contribution is 0.315. The summed E-state index contributed by atoms with van der Waals surface area (Å²) in [6.45, 7) is 1.53. The van der Waals surface area contributed by atoms with E-state index in [-0.39, 0.29) is 12.6 Å². The normalized spacial score (nSPS) is 21.1. The van der Waals surface area contributed by atoms with Gasteiger partial charge in [0.25, 0.3) is 0 Å². The Bertz CT molecular complexity index is 348.